The predicted molar refractivity (Wildman–Crippen MR) is 58.2 cm³/mol. The molecule has 3 rings (SSSR count). The summed E-state index contributed by atoms with van der Waals surface area (Å²) in [5.41, 5.74) is 0. The Balaban J connectivity index is 1.89. The maximum Gasteiger partial charge on any atom is 0.364 e. The molecule has 0 radical (unpaired) electrons. The molecule has 0 amide bonds. The predicted octanol–water partition coefficient (Wildman–Crippen LogP) is 3.49. The summed E-state index contributed by atoms with van der Waals surface area (Å²) >= 11 is 0. The summed E-state index contributed by atoms with van der Waals surface area (Å²) in [6.07, 6.45) is 6.15. The normalized spacial score (nSPS) is 22.6. The molecule has 2 aliphatic rings. The van der Waals surface area contributed by atoms with Gasteiger partial charge in [-0.15, -0.1) is 0 Å². The molecule has 0 bridgehead atoms. The monoisotopic (exact) mass is 209 g/mol. The zero-order valence-electron chi connectivity index (χ0n) is 8.11. The van der Waals surface area contributed by atoms with Gasteiger partial charge in [-0.1, -0.05) is 12.1 Å². The van der Waals surface area contributed by atoms with Crippen molar-refractivity contribution < 1.29 is 9.05 Å². The van der Waals surface area contributed by atoms with Gasteiger partial charge in [-0.3, -0.25) is 0 Å². The summed E-state index contributed by atoms with van der Waals surface area (Å²) < 4.78 is 12.0. The van der Waals surface area contributed by atoms with Gasteiger partial charge in [-0.25, -0.2) is 0 Å². The molecular formula is C11H14O2P+. The van der Waals surface area contributed by atoms with E-state index < -0.39 is 7.72 Å². The average molecular weight is 209 g/mol. The van der Waals surface area contributed by atoms with Crippen LogP contribution in [0.5, 0.6) is 11.5 Å². The average Bonchev–Trinajstić information content (AvgIpc) is 2.56. The first-order valence-corrected chi connectivity index (χ1v) is 7.23. The van der Waals surface area contributed by atoms with Crippen molar-refractivity contribution in [2.24, 2.45) is 0 Å². The van der Waals surface area contributed by atoms with Crippen molar-refractivity contribution in [3.8, 4) is 11.5 Å². The molecule has 0 N–H and O–H groups in total. The van der Waals surface area contributed by atoms with Crippen LogP contribution in [0.25, 0.3) is 0 Å². The highest BCUT2D eigenvalue weighted by atomic mass is 31.2. The molecule has 14 heavy (non-hydrogen) atoms. The van der Waals surface area contributed by atoms with E-state index in [1.807, 2.05) is 24.3 Å². The zero-order valence-corrected chi connectivity index (χ0v) is 9.00. The molecule has 2 heterocycles. The van der Waals surface area contributed by atoms with Crippen molar-refractivity contribution in [3.05, 3.63) is 24.3 Å². The van der Waals surface area contributed by atoms with Crippen LogP contribution in [0, 0.1) is 0 Å². The fourth-order valence-corrected chi connectivity index (χ4v) is 5.21. The number of hydrogen-bond donors (Lipinski definition) is 0. The Hall–Kier alpha value is -0.750. The molecule has 0 atom stereocenters. The highest BCUT2D eigenvalue weighted by Gasteiger charge is 2.51. The third-order valence-corrected chi connectivity index (χ3v) is 5.93. The van der Waals surface area contributed by atoms with Crippen LogP contribution in [0.15, 0.2) is 24.3 Å². The Morgan fingerprint density at radius 3 is 2.00 bits per heavy atom. The first-order chi connectivity index (χ1) is 6.88. The van der Waals surface area contributed by atoms with Crippen molar-refractivity contribution in [1.82, 2.24) is 0 Å². The maximum absolute atomic E-state index is 6.02. The number of fused-ring (bicyclic) bond motifs is 1. The first-order valence-electron chi connectivity index (χ1n) is 5.23. The van der Waals surface area contributed by atoms with E-state index in [2.05, 4.69) is 0 Å². The zero-order chi connectivity index (χ0) is 9.43. The highest BCUT2D eigenvalue weighted by Crippen LogP contribution is 2.68. The Bertz CT molecular complexity index is 318. The molecule has 1 spiro atoms. The lowest BCUT2D eigenvalue weighted by molar-refractivity contribution is 0.510. The van der Waals surface area contributed by atoms with Crippen molar-refractivity contribution in [2.45, 2.75) is 19.3 Å². The van der Waals surface area contributed by atoms with Crippen LogP contribution < -0.4 is 9.05 Å². The maximum atomic E-state index is 6.02. The number of rotatable bonds is 0. The van der Waals surface area contributed by atoms with E-state index in [4.69, 9.17) is 9.05 Å². The first kappa shape index (κ1) is 8.55. The van der Waals surface area contributed by atoms with Gasteiger partial charge in [-0.2, -0.15) is 0 Å². The van der Waals surface area contributed by atoms with E-state index in [1.165, 1.54) is 19.3 Å². The van der Waals surface area contributed by atoms with Crippen LogP contribution in [0.2, 0.25) is 0 Å². The van der Waals surface area contributed by atoms with Crippen LogP contribution in [0.1, 0.15) is 19.3 Å². The van der Waals surface area contributed by atoms with Gasteiger partial charge in [-0.05, 0) is 31.4 Å². The Morgan fingerprint density at radius 2 is 1.43 bits per heavy atom. The van der Waals surface area contributed by atoms with Crippen LogP contribution in [-0.2, 0) is 0 Å². The second kappa shape index (κ2) is 3.13. The molecule has 0 saturated carbocycles. The molecule has 0 aliphatic carbocycles. The molecule has 0 aromatic heterocycles. The minimum atomic E-state index is -1.52. The van der Waals surface area contributed by atoms with Crippen LogP contribution >= 0.6 is 7.72 Å². The molecule has 1 fully saturated rings. The van der Waals surface area contributed by atoms with Crippen molar-refractivity contribution in [2.75, 3.05) is 12.3 Å². The molecule has 1 aromatic carbocycles. The number of hydrogen-bond acceptors (Lipinski definition) is 2. The fourth-order valence-electron chi connectivity index (χ4n) is 2.15. The van der Waals surface area contributed by atoms with E-state index in [-0.39, 0.29) is 0 Å². The van der Waals surface area contributed by atoms with Gasteiger partial charge in [0.2, 0.25) is 11.5 Å². The lowest BCUT2D eigenvalue weighted by Gasteiger charge is -2.21. The summed E-state index contributed by atoms with van der Waals surface area (Å²) in [4.78, 5) is 0. The van der Waals surface area contributed by atoms with Crippen molar-refractivity contribution in [3.63, 3.8) is 0 Å². The second-order valence-corrected chi connectivity index (χ2v) is 6.84. The lowest BCUT2D eigenvalue weighted by Crippen LogP contribution is -2.15. The van der Waals surface area contributed by atoms with Crippen LogP contribution in [0.3, 0.4) is 0 Å². The Labute approximate surface area is 84.7 Å². The van der Waals surface area contributed by atoms with E-state index in [0.29, 0.717) is 0 Å². The minimum absolute atomic E-state index is 0.961. The summed E-state index contributed by atoms with van der Waals surface area (Å²) in [5, 5.41) is 0. The number of benzene rings is 1. The summed E-state index contributed by atoms with van der Waals surface area (Å²) in [7, 11) is -1.52. The van der Waals surface area contributed by atoms with Gasteiger partial charge >= 0.3 is 7.72 Å². The van der Waals surface area contributed by atoms with Crippen molar-refractivity contribution in [1.29, 1.82) is 0 Å². The third-order valence-electron chi connectivity index (χ3n) is 2.88. The molecule has 2 aliphatic heterocycles. The van der Waals surface area contributed by atoms with E-state index >= 15 is 0 Å². The molecule has 3 heteroatoms. The number of para-hydroxylation sites is 2. The second-order valence-electron chi connectivity index (χ2n) is 3.95. The molecule has 2 nitrogen and oxygen atoms in total. The molecule has 1 aromatic rings. The molecule has 74 valence electrons. The van der Waals surface area contributed by atoms with Gasteiger partial charge in [0.25, 0.3) is 0 Å². The SMILES string of the molecule is c1ccc2c(c1)O[P+]1(CCCCC1)O2. The quantitative estimate of drug-likeness (QED) is 0.609. The van der Waals surface area contributed by atoms with E-state index in [9.17, 15) is 0 Å². The van der Waals surface area contributed by atoms with Crippen LogP contribution in [0.4, 0.5) is 0 Å². The van der Waals surface area contributed by atoms with Gasteiger partial charge in [0.15, 0.2) is 0 Å². The largest absolute Gasteiger partial charge is 0.364 e. The van der Waals surface area contributed by atoms with E-state index in [1.54, 1.807) is 0 Å². The molecule has 1 saturated heterocycles. The third kappa shape index (κ3) is 1.29. The topological polar surface area (TPSA) is 18.5 Å². The van der Waals surface area contributed by atoms with Crippen LogP contribution in [-0.4, -0.2) is 12.3 Å². The molecule has 0 unspecified atom stereocenters. The summed E-state index contributed by atoms with van der Waals surface area (Å²) in [6.45, 7) is 0. The van der Waals surface area contributed by atoms with E-state index in [0.717, 1.165) is 23.8 Å². The molecular weight excluding hydrogens is 195 g/mol. The van der Waals surface area contributed by atoms with Gasteiger partial charge < -0.3 is 9.05 Å². The lowest BCUT2D eigenvalue weighted by atomic mass is 10.3. The summed E-state index contributed by atoms with van der Waals surface area (Å²) in [6, 6.07) is 8.04. The van der Waals surface area contributed by atoms with Gasteiger partial charge in [0.05, 0.1) is 0 Å². The smallest absolute Gasteiger partial charge is 0.306 e. The summed E-state index contributed by atoms with van der Waals surface area (Å²) in [5.74, 6) is 1.92. The Kier molecular flexibility index (Phi) is 1.91. The minimum Gasteiger partial charge on any atom is -0.306 e. The fraction of sp³-hybridized carbons (Fsp3) is 0.455. The standard InChI is InChI=1S/C11H14O2P/c1-4-8-14(9-5-1)12-10-6-2-3-7-11(10)13-14/h2-3,6-7H,1,4-5,8-9H2/q+1. The Morgan fingerprint density at radius 1 is 0.857 bits per heavy atom. The van der Waals surface area contributed by atoms with Gasteiger partial charge in [0.1, 0.15) is 12.3 Å². The highest BCUT2D eigenvalue weighted by molar-refractivity contribution is 7.67. The van der Waals surface area contributed by atoms with Gasteiger partial charge in [0, 0.05) is 0 Å². The van der Waals surface area contributed by atoms with Crippen molar-refractivity contribution >= 4 is 7.72 Å².